The Hall–Kier alpha value is -2.69. The summed E-state index contributed by atoms with van der Waals surface area (Å²) in [5.41, 5.74) is 2.15. The molecule has 1 aliphatic rings. The number of aliphatic imine (C=N–C) groups is 1. The Bertz CT molecular complexity index is 711. The average molecular weight is 353 g/mol. The summed E-state index contributed by atoms with van der Waals surface area (Å²) >= 11 is 0. The molecule has 2 aromatic carbocycles. The van der Waals surface area contributed by atoms with E-state index < -0.39 is 0 Å². The Balaban J connectivity index is 2.06. The van der Waals surface area contributed by atoms with Gasteiger partial charge in [-0.25, -0.2) is 0 Å². The third-order valence-electron chi connectivity index (χ3n) is 4.39. The fourth-order valence-corrected chi connectivity index (χ4v) is 3.15. The number of hydrogen-bond acceptors (Lipinski definition) is 5. The van der Waals surface area contributed by atoms with Crippen molar-refractivity contribution in [3.8, 4) is 11.5 Å². The van der Waals surface area contributed by atoms with Gasteiger partial charge in [0.25, 0.3) is 0 Å². The fraction of sp³-hybridized carbons (Fsp3) is 0.381. The van der Waals surface area contributed by atoms with Gasteiger partial charge in [0.05, 0.1) is 25.8 Å². The smallest absolute Gasteiger partial charge is 0.194 e. The van der Waals surface area contributed by atoms with E-state index in [4.69, 9.17) is 9.47 Å². The Labute approximate surface area is 155 Å². The van der Waals surface area contributed by atoms with Crippen LogP contribution in [0.1, 0.15) is 31.0 Å². The van der Waals surface area contributed by atoms with Crippen molar-refractivity contribution in [2.75, 3.05) is 33.4 Å². The fourth-order valence-electron chi connectivity index (χ4n) is 3.15. The highest BCUT2D eigenvalue weighted by Gasteiger charge is 2.25. The van der Waals surface area contributed by atoms with Crippen molar-refractivity contribution in [2.45, 2.75) is 19.9 Å². The van der Waals surface area contributed by atoms with Crippen molar-refractivity contribution < 1.29 is 9.47 Å². The number of hydrogen-bond donors (Lipinski definition) is 1. The van der Waals surface area contributed by atoms with Crippen molar-refractivity contribution in [1.29, 1.82) is 0 Å². The lowest BCUT2D eigenvalue weighted by Gasteiger charge is -2.27. The van der Waals surface area contributed by atoms with Gasteiger partial charge in [-0.1, -0.05) is 36.4 Å². The molecule has 5 nitrogen and oxygen atoms in total. The van der Waals surface area contributed by atoms with Gasteiger partial charge in [0, 0.05) is 24.7 Å². The van der Waals surface area contributed by atoms with Gasteiger partial charge in [0.1, 0.15) is 11.5 Å². The third kappa shape index (κ3) is 3.93. The van der Waals surface area contributed by atoms with Crippen LogP contribution in [0.5, 0.6) is 11.5 Å². The zero-order valence-corrected chi connectivity index (χ0v) is 15.7. The first-order valence-corrected chi connectivity index (χ1v) is 9.20. The van der Waals surface area contributed by atoms with E-state index in [-0.39, 0.29) is 6.04 Å². The van der Waals surface area contributed by atoms with Gasteiger partial charge in [-0.3, -0.25) is 4.99 Å². The largest absolute Gasteiger partial charge is 0.494 e. The molecule has 1 aliphatic heterocycles. The maximum Gasteiger partial charge on any atom is 0.194 e. The molecule has 1 heterocycles. The van der Waals surface area contributed by atoms with Crippen LogP contribution in [-0.4, -0.2) is 44.2 Å². The average Bonchev–Trinajstić information content (AvgIpc) is 3.06. The normalized spacial score (nSPS) is 13.7. The summed E-state index contributed by atoms with van der Waals surface area (Å²) in [6.45, 7) is 6.99. The second-order valence-electron chi connectivity index (χ2n) is 6.15. The van der Waals surface area contributed by atoms with Crippen molar-refractivity contribution >= 4 is 5.96 Å². The molecule has 3 rings (SSSR count). The van der Waals surface area contributed by atoms with Crippen LogP contribution in [0.25, 0.3) is 0 Å². The SMILES string of the molecule is CCOc1ccccc1C(NC1=NCCN1C)c1ccccc1OCC. The van der Waals surface area contributed by atoms with Gasteiger partial charge in [-0.05, 0) is 26.0 Å². The van der Waals surface area contributed by atoms with Gasteiger partial charge >= 0.3 is 0 Å². The molecule has 0 spiro atoms. The molecule has 0 amide bonds. The Morgan fingerprint density at radius 2 is 1.50 bits per heavy atom. The summed E-state index contributed by atoms with van der Waals surface area (Å²) in [4.78, 5) is 6.75. The van der Waals surface area contributed by atoms with E-state index >= 15 is 0 Å². The molecule has 0 aliphatic carbocycles. The highest BCUT2D eigenvalue weighted by Crippen LogP contribution is 2.35. The number of likely N-dealkylation sites (N-methyl/N-ethyl adjacent to an activating group) is 1. The minimum atomic E-state index is -0.111. The van der Waals surface area contributed by atoms with Gasteiger partial charge in [-0.2, -0.15) is 0 Å². The first-order chi connectivity index (χ1) is 12.7. The molecular formula is C21H27N3O2. The second kappa shape index (κ2) is 8.61. The summed E-state index contributed by atoms with van der Waals surface area (Å²) < 4.78 is 11.8. The Morgan fingerprint density at radius 3 is 1.96 bits per heavy atom. The number of para-hydroxylation sites is 2. The van der Waals surface area contributed by atoms with Crippen molar-refractivity contribution in [3.05, 3.63) is 59.7 Å². The van der Waals surface area contributed by atoms with Crippen LogP contribution in [0, 0.1) is 0 Å². The van der Waals surface area contributed by atoms with E-state index in [0.717, 1.165) is 41.7 Å². The van der Waals surface area contributed by atoms with E-state index in [9.17, 15) is 0 Å². The second-order valence-corrected chi connectivity index (χ2v) is 6.15. The number of rotatable bonds is 7. The lowest BCUT2D eigenvalue weighted by atomic mass is 9.97. The van der Waals surface area contributed by atoms with E-state index in [1.165, 1.54) is 0 Å². The summed E-state index contributed by atoms with van der Waals surface area (Å²) in [7, 11) is 2.05. The molecular weight excluding hydrogens is 326 g/mol. The molecule has 0 saturated heterocycles. The lowest BCUT2D eigenvalue weighted by Crippen LogP contribution is -2.38. The number of nitrogens with one attached hydrogen (secondary N) is 1. The summed E-state index contributed by atoms with van der Waals surface area (Å²) in [6.07, 6.45) is 0. The molecule has 0 radical (unpaired) electrons. The molecule has 2 aromatic rings. The highest BCUT2D eigenvalue weighted by atomic mass is 16.5. The molecule has 5 heteroatoms. The van der Waals surface area contributed by atoms with E-state index in [1.54, 1.807) is 0 Å². The summed E-state index contributed by atoms with van der Waals surface area (Å²) in [6, 6.07) is 16.2. The first-order valence-electron chi connectivity index (χ1n) is 9.20. The van der Waals surface area contributed by atoms with Gasteiger partial charge in [-0.15, -0.1) is 0 Å². The maximum atomic E-state index is 5.90. The van der Waals surface area contributed by atoms with E-state index in [1.807, 2.05) is 50.2 Å². The third-order valence-corrected chi connectivity index (χ3v) is 4.39. The van der Waals surface area contributed by atoms with Gasteiger partial charge in [0.15, 0.2) is 5.96 Å². The zero-order valence-electron chi connectivity index (χ0n) is 15.7. The molecule has 26 heavy (non-hydrogen) atoms. The molecule has 0 bridgehead atoms. The van der Waals surface area contributed by atoms with Crippen LogP contribution in [-0.2, 0) is 0 Å². The topological polar surface area (TPSA) is 46.1 Å². The Kier molecular flexibility index (Phi) is 6.00. The monoisotopic (exact) mass is 353 g/mol. The molecule has 1 N–H and O–H groups in total. The standard InChI is InChI=1S/C21H27N3O2/c1-4-25-18-12-8-6-10-16(18)20(23-21-22-14-15-24(21)3)17-11-7-9-13-19(17)26-5-2/h6-13,20H,4-5,14-15H2,1-3H3,(H,22,23). The highest BCUT2D eigenvalue weighted by molar-refractivity contribution is 5.82. The predicted octanol–water partition coefficient (Wildman–Crippen LogP) is 3.46. The van der Waals surface area contributed by atoms with Crippen LogP contribution in [0.15, 0.2) is 53.5 Å². The van der Waals surface area contributed by atoms with Crippen molar-refractivity contribution in [2.24, 2.45) is 4.99 Å². The van der Waals surface area contributed by atoms with Crippen LogP contribution in [0.3, 0.4) is 0 Å². The minimum absolute atomic E-state index is 0.111. The summed E-state index contributed by atoms with van der Waals surface area (Å²) in [5, 5.41) is 3.61. The number of ether oxygens (including phenoxy) is 2. The van der Waals surface area contributed by atoms with Crippen LogP contribution < -0.4 is 14.8 Å². The predicted molar refractivity (Wildman–Crippen MR) is 105 cm³/mol. The quantitative estimate of drug-likeness (QED) is 0.828. The van der Waals surface area contributed by atoms with Gasteiger partial charge in [0.2, 0.25) is 0 Å². The minimum Gasteiger partial charge on any atom is -0.494 e. The number of guanidine groups is 1. The van der Waals surface area contributed by atoms with E-state index in [2.05, 4.69) is 34.4 Å². The van der Waals surface area contributed by atoms with Crippen molar-refractivity contribution in [3.63, 3.8) is 0 Å². The van der Waals surface area contributed by atoms with Crippen molar-refractivity contribution in [1.82, 2.24) is 10.2 Å². The van der Waals surface area contributed by atoms with Gasteiger partial charge < -0.3 is 19.7 Å². The lowest BCUT2D eigenvalue weighted by molar-refractivity contribution is 0.328. The van der Waals surface area contributed by atoms with E-state index in [0.29, 0.717) is 13.2 Å². The number of nitrogens with zero attached hydrogens (tertiary/aromatic N) is 2. The maximum absolute atomic E-state index is 5.90. The first kappa shape index (κ1) is 18.1. The molecule has 0 atom stereocenters. The summed E-state index contributed by atoms with van der Waals surface area (Å²) in [5.74, 6) is 2.65. The van der Waals surface area contributed by atoms with Crippen LogP contribution >= 0.6 is 0 Å². The molecule has 138 valence electrons. The Morgan fingerprint density at radius 1 is 0.962 bits per heavy atom. The van der Waals surface area contributed by atoms with Crippen LogP contribution in [0.2, 0.25) is 0 Å². The molecule has 0 aromatic heterocycles. The zero-order chi connectivity index (χ0) is 18.4. The molecule has 0 fully saturated rings. The molecule has 0 unspecified atom stereocenters. The molecule has 0 saturated carbocycles. The number of benzene rings is 2. The van der Waals surface area contributed by atoms with Crippen LogP contribution in [0.4, 0.5) is 0 Å².